The van der Waals surface area contributed by atoms with Gasteiger partial charge in [0, 0.05) is 0 Å². The summed E-state index contributed by atoms with van der Waals surface area (Å²) in [5.41, 5.74) is 2.36. The van der Waals surface area contributed by atoms with Gasteiger partial charge in [-0.05, 0) is 30.4 Å². The number of carbonyl (C=O) groups excluding carboxylic acids is 2. The second-order valence-corrected chi connectivity index (χ2v) is 4.34. The van der Waals surface area contributed by atoms with Gasteiger partial charge in [0.2, 0.25) is 0 Å². The van der Waals surface area contributed by atoms with E-state index in [1.165, 1.54) is 25.4 Å². The number of allylic oxidation sites excluding steroid dienone is 2. The molecule has 2 atom stereocenters. The molecule has 1 saturated carbocycles. The van der Waals surface area contributed by atoms with E-state index in [0.29, 0.717) is 0 Å². The van der Waals surface area contributed by atoms with Crippen LogP contribution in [0.5, 0.6) is 0 Å². The summed E-state index contributed by atoms with van der Waals surface area (Å²) >= 11 is 0. The Labute approximate surface area is 100 Å². The molecule has 2 aliphatic rings. The Morgan fingerprint density at radius 3 is 1.76 bits per heavy atom. The molecule has 4 heteroatoms. The molecular formula is C13H16O4. The first-order valence-corrected chi connectivity index (χ1v) is 5.74. The van der Waals surface area contributed by atoms with Crippen molar-refractivity contribution in [1.82, 2.24) is 0 Å². The van der Waals surface area contributed by atoms with Gasteiger partial charge in [-0.1, -0.05) is 12.2 Å². The largest absolute Gasteiger partial charge is 0.469 e. The van der Waals surface area contributed by atoms with Gasteiger partial charge in [-0.3, -0.25) is 9.59 Å². The molecule has 1 fully saturated rings. The van der Waals surface area contributed by atoms with Crippen molar-refractivity contribution in [2.45, 2.75) is 19.3 Å². The average Bonchev–Trinajstić information content (AvgIpc) is 2.82. The van der Waals surface area contributed by atoms with Crippen LogP contribution >= 0.6 is 0 Å². The number of hydrogen-bond donors (Lipinski definition) is 0. The van der Waals surface area contributed by atoms with E-state index in [1.54, 1.807) is 0 Å². The molecule has 0 radical (unpaired) electrons. The Bertz CT molecular complexity index is 368. The fourth-order valence-electron chi connectivity index (χ4n) is 2.51. The zero-order valence-electron chi connectivity index (χ0n) is 10.1. The van der Waals surface area contributed by atoms with Crippen LogP contribution < -0.4 is 0 Å². The quantitative estimate of drug-likeness (QED) is 0.683. The van der Waals surface area contributed by atoms with Gasteiger partial charge in [-0.15, -0.1) is 0 Å². The molecule has 0 N–H and O–H groups in total. The van der Waals surface area contributed by atoms with Crippen LogP contribution in [0.2, 0.25) is 0 Å². The van der Waals surface area contributed by atoms with Crippen molar-refractivity contribution in [3.63, 3.8) is 0 Å². The second kappa shape index (κ2) is 4.73. The third kappa shape index (κ3) is 2.12. The van der Waals surface area contributed by atoms with Gasteiger partial charge in [0.25, 0.3) is 0 Å². The third-order valence-corrected chi connectivity index (χ3v) is 3.40. The number of rotatable bonds is 2. The monoisotopic (exact) mass is 236 g/mol. The van der Waals surface area contributed by atoms with E-state index in [4.69, 9.17) is 9.47 Å². The Balaban J connectivity index is 2.31. The Morgan fingerprint density at radius 1 is 1.00 bits per heavy atom. The van der Waals surface area contributed by atoms with E-state index in [9.17, 15) is 9.59 Å². The maximum atomic E-state index is 11.7. The lowest BCUT2D eigenvalue weighted by atomic mass is 9.83. The lowest BCUT2D eigenvalue weighted by Crippen LogP contribution is -2.31. The van der Waals surface area contributed by atoms with Crippen LogP contribution in [0.25, 0.3) is 0 Å². The minimum absolute atomic E-state index is 0.380. The highest BCUT2D eigenvalue weighted by Crippen LogP contribution is 2.38. The van der Waals surface area contributed by atoms with Crippen molar-refractivity contribution in [3.05, 3.63) is 23.3 Å². The van der Waals surface area contributed by atoms with Crippen molar-refractivity contribution in [2.24, 2.45) is 11.8 Å². The first-order chi connectivity index (χ1) is 8.17. The summed E-state index contributed by atoms with van der Waals surface area (Å²) in [6.45, 7) is 0. The van der Waals surface area contributed by atoms with Crippen LogP contribution in [0.4, 0.5) is 0 Å². The van der Waals surface area contributed by atoms with Gasteiger partial charge >= 0.3 is 11.9 Å². The molecule has 2 unspecified atom stereocenters. The fraction of sp³-hybridized carbons (Fsp3) is 0.538. The predicted molar refractivity (Wildman–Crippen MR) is 61.0 cm³/mol. The summed E-state index contributed by atoms with van der Waals surface area (Å²) in [6, 6.07) is 0. The molecule has 4 nitrogen and oxygen atoms in total. The van der Waals surface area contributed by atoms with E-state index in [-0.39, 0.29) is 11.9 Å². The molecule has 2 rings (SSSR count). The van der Waals surface area contributed by atoms with Gasteiger partial charge in [0.05, 0.1) is 26.1 Å². The summed E-state index contributed by atoms with van der Waals surface area (Å²) in [6.07, 6.45) is 6.78. The maximum Gasteiger partial charge on any atom is 0.313 e. The molecule has 0 spiro atoms. The van der Waals surface area contributed by atoms with Crippen LogP contribution in [0.1, 0.15) is 19.3 Å². The molecule has 0 aromatic carbocycles. The van der Waals surface area contributed by atoms with Crippen molar-refractivity contribution in [2.75, 3.05) is 14.2 Å². The van der Waals surface area contributed by atoms with Gasteiger partial charge in [0.15, 0.2) is 0 Å². The van der Waals surface area contributed by atoms with E-state index in [2.05, 4.69) is 0 Å². The molecule has 92 valence electrons. The molecule has 0 saturated heterocycles. The highest BCUT2D eigenvalue weighted by molar-refractivity contribution is 5.86. The number of fused-ring (bicyclic) bond motifs is 1. The summed E-state index contributed by atoms with van der Waals surface area (Å²) < 4.78 is 9.49. The van der Waals surface area contributed by atoms with E-state index >= 15 is 0 Å². The highest BCUT2D eigenvalue weighted by Gasteiger charge is 2.37. The average molecular weight is 236 g/mol. The molecule has 0 aromatic rings. The van der Waals surface area contributed by atoms with Gasteiger partial charge in [-0.25, -0.2) is 0 Å². The fourth-order valence-corrected chi connectivity index (χ4v) is 2.51. The van der Waals surface area contributed by atoms with E-state index in [1.807, 2.05) is 12.2 Å². The van der Waals surface area contributed by atoms with Crippen molar-refractivity contribution in [3.8, 4) is 0 Å². The maximum absolute atomic E-state index is 11.7. The SMILES string of the molecule is COC(=O)C1C=C2CCCC2=CC1C(=O)OC. The van der Waals surface area contributed by atoms with Gasteiger partial charge in [0.1, 0.15) is 0 Å². The number of carbonyl (C=O) groups is 2. The van der Waals surface area contributed by atoms with Gasteiger partial charge in [-0.2, -0.15) is 0 Å². The Hall–Kier alpha value is -1.58. The van der Waals surface area contributed by atoms with Crippen LogP contribution in [0, 0.1) is 11.8 Å². The van der Waals surface area contributed by atoms with Crippen LogP contribution in [-0.4, -0.2) is 26.2 Å². The van der Waals surface area contributed by atoms with Crippen LogP contribution in [0.3, 0.4) is 0 Å². The lowest BCUT2D eigenvalue weighted by Gasteiger charge is -2.23. The first-order valence-electron chi connectivity index (χ1n) is 5.74. The normalized spacial score (nSPS) is 26.7. The van der Waals surface area contributed by atoms with Crippen molar-refractivity contribution in [1.29, 1.82) is 0 Å². The molecule has 0 aliphatic heterocycles. The molecule has 17 heavy (non-hydrogen) atoms. The van der Waals surface area contributed by atoms with Crippen molar-refractivity contribution < 1.29 is 19.1 Å². The highest BCUT2D eigenvalue weighted by atomic mass is 16.5. The topological polar surface area (TPSA) is 52.6 Å². The number of esters is 2. The number of ether oxygens (including phenoxy) is 2. The molecule has 0 bridgehead atoms. The molecule has 0 heterocycles. The summed E-state index contributed by atoms with van der Waals surface area (Å²) in [4.78, 5) is 23.4. The minimum atomic E-state index is -0.538. The molecular weight excluding hydrogens is 220 g/mol. The summed E-state index contributed by atoms with van der Waals surface area (Å²) in [5.74, 6) is -1.83. The predicted octanol–water partition coefficient (Wildman–Crippen LogP) is 1.62. The van der Waals surface area contributed by atoms with Crippen molar-refractivity contribution >= 4 is 11.9 Å². The summed E-state index contributed by atoms with van der Waals surface area (Å²) in [5, 5.41) is 0. The van der Waals surface area contributed by atoms with E-state index in [0.717, 1.165) is 19.3 Å². The van der Waals surface area contributed by atoms with E-state index < -0.39 is 11.8 Å². The first kappa shape index (κ1) is 11.9. The van der Waals surface area contributed by atoms with Crippen LogP contribution in [0.15, 0.2) is 23.3 Å². The second-order valence-electron chi connectivity index (χ2n) is 4.34. The minimum Gasteiger partial charge on any atom is -0.469 e. The molecule has 2 aliphatic carbocycles. The number of methoxy groups -OCH3 is 2. The molecule has 0 amide bonds. The lowest BCUT2D eigenvalue weighted by molar-refractivity contribution is -0.153. The smallest absolute Gasteiger partial charge is 0.313 e. The Morgan fingerprint density at radius 2 is 1.41 bits per heavy atom. The molecule has 0 aromatic heterocycles. The van der Waals surface area contributed by atoms with Crippen LogP contribution in [-0.2, 0) is 19.1 Å². The third-order valence-electron chi connectivity index (χ3n) is 3.40. The number of hydrogen-bond acceptors (Lipinski definition) is 4. The summed E-state index contributed by atoms with van der Waals surface area (Å²) in [7, 11) is 2.67. The van der Waals surface area contributed by atoms with Gasteiger partial charge < -0.3 is 9.47 Å². The Kier molecular flexibility index (Phi) is 3.31. The zero-order chi connectivity index (χ0) is 12.4. The standard InChI is InChI=1S/C13H16O4/c1-16-12(14)10-6-8-4-3-5-9(8)7-11(10)13(15)17-2/h6-7,10-11H,3-5H2,1-2H3. The zero-order valence-corrected chi connectivity index (χ0v) is 10.1.